The number of allylic oxidation sites excluding steroid dienone is 2. The van der Waals surface area contributed by atoms with E-state index in [-0.39, 0.29) is 25.5 Å². The quantitative estimate of drug-likeness (QED) is 0.0972. The van der Waals surface area contributed by atoms with Crippen molar-refractivity contribution >= 4 is 11.9 Å². The lowest BCUT2D eigenvalue weighted by molar-refractivity contribution is -0.144. The van der Waals surface area contributed by atoms with Crippen LogP contribution in [-0.4, -0.2) is 48.0 Å². The van der Waals surface area contributed by atoms with Gasteiger partial charge in [0.05, 0.1) is 12.7 Å². The first kappa shape index (κ1) is 31.6. The van der Waals surface area contributed by atoms with Crippen molar-refractivity contribution in [3.63, 3.8) is 0 Å². The summed E-state index contributed by atoms with van der Waals surface area (Å²) in [5.74, 6) is -0.628. The van der Waals surface area contributed by atoms with Gasteiger partial charge in [-0.25, -0.2) is 0 Å². The van der Waals surface area contributed by atoms with E-state index in [9.17, 15) is 14.7 Å². The molecular formula is C27H51NO5. The molecule has 0 radical (unpaired) electrons. The van der Waals surface area contributed by atoms with Gasteiger partial charge in [0.2, 0.25) is 5.91 Å². The van der Waals surface area contributed by atoms with E-state index in [0.29, 0.717) is 25.9 Å². The molecule has 0 aliphatic carbocycles. The molecule has 0 aliphatic heterocycles. The van der Waals surface area contributed by atoms with Crippen molar-refractivity contribution in [2.75, 3.05) is 19.8 Å². The summed E-state index contributed by atoms with van der Waals surface area (Å²) in [4.78, 5) is 23.3. The number of hydrogen-bond donors (Lipinski definition) is 3. The predicted molar refractivity (Wildman–Crippen MR) is 135 cm³/mol. The zero-order valence-corrected chi connectivity index (χ0v) is 21.2. The first-order valence-corrected chi connectivity index (χ1v) is 13.5. The van der Waals surface area contributed by atoms with Crippen molar-refractivity contribution in [2.45, 2.75) is 129 Å². The second-order valence-electron chi connectivity index (χ2n) is 8.99. The van der Waals surface area contributed by atoms with Crippen molar-refractivity contribution < 1.29 is 24.5 Å². The van der Waals surface area contributed by atoms with Gasteiger partial charge in [-0.2, -0.15) is 0 Å². The molecule has 0 heterocycles. The molecule has 0 aliphatic rings. The minimum Gasteiger partial charge on any atom is -0.464 e. The van der Waals surface area contributed by atoms with E-state index in [4.69, 9.17) is 9.84 Å². The molecule has 0 bridgehead atoms. The van der Waals surface area contributed by atoms with E-state index in [1.54, 1.807) is 0 Å². The molecule has 6 heteroatoms. The van der Waals surface area contributed by atoms with Crippen LogP contribution in [0.5, 0.6) is 0 Å². The molecule has 0 aromatic rings. The Bertz CT molecular complexity index is 481. The van der Waals surface area contributed by atoms with Crippen molar-refractivity contribution in [2.24, 2.45) is 0 Å². The van der Waals surface area contributed by atoms with Gasteiger partial charge in [-0.1, -0.05) is 76.9 Å². The normalized spacial score (nSPS) is 12.2. The predicted octanol–water partition coefficient (Wildman–Crippen LogP) is 5.60. The molecule has 0 aromatic carbocycles. The second-order valence-corrected chi connectivity index (χ2v) is 8.99. The minimum atomic E-state index is -0.579. The summed E-state index contributed by atoms with van der Waals surface area (Å²) in [7, 11) is 0. The average Bonchev–Trinajstić information content (AvgIpc) is 2.80. The molecule has 0 rings (SSSR count). The molecule has 33 heavy (non-hydrogen) atoms. The molecule has 1 atom stereocenters. The largest absolute Gasteiger partial charge is 0.464 e. The summed E-state index contributed by atoms with van der Waals surface area (Å²) in [6, 6.07) is 0. The number of rotatable bonds is 24. The fraction of sp³-hybridized carbons (Fsp3) is 0.852. The molecule has 194 valence electrons. The van der Waals surface area contributed by atoms with Crippen LogP contribution in [0.15, 0.2) is 12.2 Å². The van der Waals surface area contributed by atoms with E-state index in [0.717, 1.165) is 19.3 Å². The average molecular weight is 470 g/mol. The van der Waals surface area contributed by atoms with Crippen LogP contribution in [-0.2, 0) is 14.3 Å². The first-order valence-electron chi connectivity index (χ1n) is 13.5. The van der Waals surface area contributed by atoms with Crippen molar-refractivity contribution in [1.82, 2.24) is 5.32 Å². The maximum Gasteiger partial charge on any atom is 0.325 e. The lowest BCUT2D eigenvalue weighted by Gasteiger charge is -2.09. The number of aliphatic hydroxyl groups excluding tert-OH is 2. The summed E-state index contributed by atoms with van der Waals surface area (Å²) in [5, 5.41) is 20.7. The highest BCUT2D eigenvalue weighted by molar-refractivity contribution is 5.81. The molecule has 1 amide bonds. The van der Waals surface area contributed by atoms with Crippen LogP contribution in [0.25, 0.3) is 0 Å². The molecule has 0 aromatic heterocycles. The molecule has 0 saturated heterocycles. The zero-order valence-electron chi connectivity index (χ0n) is 21.2. The topological polar surface area (TPSA) is 95.9 Å². The van der Waals surface area contributed by atoms with Crippen LogP contribution in [0.1, 0.15) is 122 Å². The summed E-state index contributed by atoms with van der Waals surface area (Å²) in [5.41, 5.74) is 0. The first-order chi connectivity index (χ1) is 16.1. The van der Waals surface area contributed by atoms with Gasteiger partial charge in [0.25, 0.3) is 0 Å². The van der Waals surface area contributed by atoms with Gasteiger partial charge in [0.15, 0.2) is 0 Å². The van der Waals surface area contributed by atoms with E-state index >= 15 is 0 Å². The van der Waals surface area contributed by atoms with Crippen LogP contribution in [0, 0.1) is 0 Å². The molecule has 0 fully saturated rings. The Labute approximate surface area is 202 Å². The summed E-state index contributed by atoms with van der Waals surface area (Å²) < 4.78 is 5.16. The molecule has 0 saturated carbocycles. The number of carbonyl (C=O) groups excluding carboxylic acids is 2. The molecule has 0 unspecified atom stereocenters. The number of esters is 1. The minimum absolute atomic E-state index is 0.0593. The highest BCUT2D eigenvalue weighted by atomic mass is 16.5. The SMILES string of the molecule is CCCCCCCC/C=C\CCCCCCCCOC(=O)CNC(=O)CCC[C@@H](O)CCO. The monoisotopic (exact) mass is 469 g/mol. The molecular weight excluding hydrogens is 418 g/mol. The second kappa shape index (κ2) is 25.2. The number of unbranched alkanes of at least 4 members (excludes halogenated alkanes) is 12. The van der Waals surface area contributed by atoms with Crippen LogP contribution < -0.4 is 5.32 Å². The lowest BCUT2D eigenvalue weighted by Crippen LogP contribution is -2.30. The zero-order chi connectivity index (χ0) is 24.4. The van der Waals surface area contributed by atoms with E-state index < -0.39 is 12.1 Å². The third-order valence-electron chi connectivity index (χ3n) is 5.75. The van der Waals surface area contributed by atoms with Crippen LogP contribution in [0.2, 0.25) is 0 Å². The van der Waals surface area contributed by atoms with Crippen LogP contribution >= 0.6 is 0 Å². The summed E-state index contributed by atoms with van der Waals surface area (Å²) >= 11 is 0. The van der Waals surface area contributed by atoms with Gasteiger partial charge in [0, 0.05) is 13.0 Å². The Balaban J connectivity index is 3.35. The number of hydrogen-bond acceptors (Lipinski definition) is 5. The van der Waals surface area contributed by atoms with Crippen molar-refractivity contribution in [3.8, 4) is 0 Å². The Morgan fingerprint density at radius 1 is 0.818 bits per heavy atom. The number of ether oxygens (including phenoxy) is 1. The Kier molecular flexibility index (Phi) is 24.2. The molecule has 0 spiro atoms. The van der Waals surface area contributed by atoms with E-state index in [1.807, 2.05) is 0 Å². The maximum atomic E-state index is 11.7. The fourth-order valence-electron chi connectivity index (χ4n) is 3.64. The smallest absolute Gasteiger partial charge is 0.325 e. The van der Waals surface area contributed by atoms with Gasteiger partial charge in [-0.05, 0) is 51.4 Å². The number of amides is 1. The fourth-order valence-corrected chi connectivity index (χ4v) is 3.64. The number of aliphatic hydroxyl groups is 2. The molecule has 3 N–H and O–H groups in total. The third-order valence-corrected chi connectivity index (χ3v) is 5.75. The van der Waals surface area contributed by atoms with E-state index in [2.05, 4.69) is 24.4 Å². The van der Waals surface area contributed by atoms with Crippen molar-refractivity contribution in [1.29, 1.82) is 0 Å². The lowest BCUT2D eigenvalue weighted by atomic mass is 10.1. The standard InChI is InChI=1S/C27H51NO5/c1-2-3-4-5-6-7-8-9-10-11-12-13-14-15-16-17-23-33-27(32)24-28-26(31)20-18-19-25(30)21-22-29/h9-10,25,29-30H,2-8,11-24H2,1H3,(H,28,31)/b10-9-/t25-/m1/s1. The van der Waals surface area contributed by atoms with Crippen LogP contribution in [0.4, 0.5) is 0 Å². The number of nitrogens with one attached hydrogen (secondary N) is 1. The van der Waals surface area contributed by atoms with Gasteiger partial charge < -0.3 is 20.3 Å². The Morgan fingerprint density at radius 3 is 2.00 bits per heavy atom. The van der Waals surface area contributed by atoms with Gasteiger partial charge in [-0.15, -0.1) is 0 Å². The van der Waals surface area contributed by atoms with Crippen molar-refractivity contribution in [3.05, 3.63) is 12.2 Å². The Morgan fingerprint density at radius 2 is 1.39 bits per heavy atom. The highest BCUT2D eigenvalue weighted by Gasteiger charge is 2.08. The highest BCUT2D eigenvalue weighted by Crippen LogP contribution is 2.10. The van der Waals surface area contributed by atoms with E-state index in [1.165, 1.54) is 70.6 Å². The molecule has 6 nitrogen and oxygen atoms in total. The third kappa shape index (κ3) is 25.1. The maximum absolute atomic E-state index is 11.7. The summed E-state index contributed by atoms with van der Waals surface area (Å²) in [6.07, 6.45) is 23.1. The van der Waals surface area contributed by atoms with Gasteiger partial charge >= 0.3 is 5.97 Å². The van der Waals surface area contributed by atoms with Gasteiger partial charge in [0.1, 0.15) is 6.54 Å². The van der Waals surface area contributed by atoms with Gasteiger partial charge in [-0.3, -0.25) is 9.59 Å². The van der Waals surface area contributed by atoms with Crippen LogP contribution in [0.3, 0.4) is 0 Å². The Hall–Kier alpha value is -1.40. The summed E-state index contributed by atoms with van der Waals surface area (Å²) in [6.45, 7) is 2.50. The number of carbonyl (C=O) groups is 2.